The van der Waals surface area contributed by atoms with E-state index in [4.69, 9.17) is 4.74 Å². The van der Waals surface area contributed by atoms with Crippen molar-refractivity contribution >= 4 is 16.9 Å². The highest BCUT2D eigenvalue weighted by molar-refractivity contribution is 5.97. The monoisotopic (exact) mass is 359 g/mol. The van der Waals surface area contributed by atoms with Gasteiger partial charge in [-0.3, -0.25) is 9.36 Å². The fourth-order valence-corrected chi connectivity index (χ4v) is 3.63. The van der Waals surface area contributed by atoms with Crippen molar-refractivity contribution < 1.29 is 9.53 Å². The lowest BCUT2D eigenvalue weighted by molar-refractivity contribution is 0.0752. The highest BCUT2D eigenvalue weighted by Crippen LogP contribution is 2.17. The van der Waals surface area contributed by atoms with Gasteiger partial charge < -0.3 is 14.6 Å². The zero-order chi connectivity index (χ0) is 18.4. The van der Waals surface area contributed by atoms with E-state index >= 15 is 0 Å². The number of aromatic amines is 1. The van der Waals surface area contributed by atoms with Crippen molar-refractivity contribution in [2.45, 2.75) is 52.0 Å². The Morgan fingerprint density at radius 1 is 1.12 bits per heavy atom. The number of nitrogens with one attached hydrogen (secondary N) is 1. The van der Waals surface area contributed by atoms with E-state index in [2.05, 4.69) is 4.98 Å². The third-order valence-corrected chi connectivity index (χ3v) is 5.08. The predicted molar refractivity (Wildman–Crippen MR) is 103 cm³/mol. The standard InChI is InChI=1S/C20H29N3O3/c1-2-26-14-13-23-18-10-9-16(15-17(18)21-20(23)25)19(24)22-11-7-5-3-4-6-8-12-22/h9-10,15H,2-8,11-14H2,1H3,(H,21,25). The molecular formula is C20H29N3O3. The van der Waals surface area contributed by atoms with Crippen molar-refractivity contribution in [3.05, 3.63) is 34.2 Å². The van der Waals surface area contributed by atoms with Gasteiger partial charge in [0.25, 0.3) is 5.91 Å². The zero-order valence-corrected chi connectivity index (χ0v) is 15.6. The fourth-order valence-electron chi connectivity index (χ4n) is 3.63. The largest absolute Gasteiger partial charge is 0.380 e. The second kappa shape index (κ2) is 9.03. The van der Waals surface area contributed by atoms with Crippen LogP contribution in [0.15, 0.2) is 23.0 Å². The highest BCUT2D eigenvalue weighted by atomic mass is 16.5. The van der Waals surface area contributed by atoms with E-state index in [9.17, 15) is 9.59 Å². The molecule has 1 fully saturated rings. The van der Waals surface area contributed by atoms with Gasteiger partial charge in [-0.25, -0.2) is 4.79 Å². The fraction of sp³-hybridized carbons (Fsp3) is 0.600. The molecule has 0 spiro atoms. The van der Waals surface area contributed by atoms with Gasteiger partial charge in [0, 0.05) is 25.3 Å². The van der Waals surface area contributed by atoms with Crippen LogP contribution >= 0.6 is 0 Å². The van der Waals surface area contributed by atoms with Crippen LogP contribution in [0.4, 0.5) is 0 Å². The molecule has 1 saturated heterocycles. The Hall–Kier alpha value is -2.08. The van der Waals surface area contributed by atoms with E-state index in [1.165, 1.54) is 25.7 Å². The van der Waals surface area contributed by atoms with Crippen LogP contribution in [-0.2, 0) is 11.3 Å². The lowest BCUT2D eigenvalue weighted by Crippen LogP contribution is -2.32. The van der Waals surface area contributed by atoms with Crippen molar-refractivity contribution in [3.8, 4) is 0 Å². The summed E-state index contributed by atoms with van der Waals surface area (Å²) in [4.78, 5) is 30.0. The Labute approximate surface area is 154 Å². The number of fused-ring (bicyclic) bond motifs is 1. The lowest BCUT2D eigenvalue weighted by Gasteiger charge is -2.22. The Balaban J connectivity index is 1.79. The molecule has 1 amide bonds. The molecular weight excluding hydrogens is 330 g/mol. The average Bonchev–Trinajstić information content (AvgIpc) is 3.02. The molecule has 1 aromatic carbocycles. The first kappa shape index (κ1) is 18.7. The maximum absolute atomic E-state index is 12.9. The lowest BCUT2D eigenvalue weighted by atomic mass is 10.1. The molecule has 0 atom stereocenters. The summed E-state index contributed by atoms with van der Waals surface area (Å²) in [5.41, 5.74) is 2.01. The number of nitrogens with zero attached hydrogens (tertiary/aromatic N) is 2. The molecule has 0 radical (unpaired) electrons. The molecule has 0 saturated carbocycles. The molecule has 142 valence electrons. The molecule has 1 aliphatic heterocycles. The smallest absolute Gasteiger partial charge is 0.326 e. The second-order valence-corrected chi connectivity index (χ2v) is 6.92. The molecule has 0 bridgehead atoms. The van der Waals surface area contributed by atoms with Gasteiger partial charge in [-0.15, -0.1) is 0 Å². The quantitative estimate of drug-likeness (QED) is 0.834. The summed E-state index contributed by atoms with van der Waals surface area (Å²) in [6.45, 7) is 5.21. The van der Waals surface area contributed by atoms with Crippen molar-refractivity contribution in [2.24, 2.45) is 0 Å². The van der Waals surface area contributed by atoms with Gasteiger partial charge in [0.05, 0.1) is 24.2 Å². The first-order valence-corrected chi connectivity index (χ1v) is 9.80. The molecule has 0 aliphatic carbocycles. The Morgan fingerprint density at radius 2 is 1.81 bits per heavy atom. The van der Waals surface area contributed by atoms with Crippen LogP contribution in [0.1, 0.15) is 55.8 Å². The number of ether oxygens (including phenoxy) is 1. The molecule has 3 rings (SSSR count). The number of rotatable bonds is 5. The average molecular weight is 359 g/mol. The Morgan fingerprint density at radius 3 is 2.50 bits per heavy atom. The van der Waals surface area contributed by atoms with Gasteiger partial charge in [-0.2, -0.15) is 0 Å². The third-order valence-electron chi connectivity index (χ3n) is 5.08. The summed E-state index contributed by atoms with van der Waals surface area (Å²) < 4.78 is 7.02. The molecule has 6 nitrogen and oxygen atoms in total. The maximum atomic E-state index is 12.9. The van der Waals surface area contributed by atoms with E-state index in [0.29, 0.717) is 30.8 Å². The van der Waals surface area contributed by atoms with Gasteiger partial charge >= 0.3 is 5.69 Å². The van der Waals surface area contributed by atoms with Gasteiger partial charge in [-0.1, -0.05) is 25.7 Å². The second-order valence-electron chi connectivity index (χ2n) is 6.92. The number of H-pyrrole nitrogens is 1. The first-order valence-electron chi connectivity index (χ1n) is 9.80. The van der Waals surface area contributed by atoms with E-state index in [0.717, 1.165) is 31.4 Å². The number of carbonyl (C=O) groups is 1. The van der Waals surface area contributed by atoms with Crippen LogP contribution in [0, 0.1) is 0 Å². The zero-order valence-electron chi connectivity index (χ0n) is 15.6. The minimum Gasteiger partial charge on any atom is -0.380 e. The Bertz CT molecular complexity index is 783. The minimum absolute atomic E-state index is 0.0664. The summed E-state index contributed by atoms with van der Waals surface area (Å²) in [5.74, 6) is 0.0664. The van der Waals surface area contributed by atoms with E-state index in [-0.39, 0.29) is 11.6 Å². The normalized spacial score (nSPS) is 16.3. The van der Waals surface area contributed by atoms with Crippen LogP contribution in [-0.4, -0.2) is 46.7 Å². The summed E-state index contributed by atoms with van der Waals surface area (Å²) in [5, 5.41) is 0. The maximum Gasteiger partial charge on any atom is 0.326 e. The number of amides is 1. The van der Waals surface area contributed by atoms with Gasteiger partial charge in [-0.05, 0) is 38.0 Å². The van der Waals surface area contributed by atoms with E-state index < -0.39 is 0 Å². The molecule has 1 aromatic heterocycles. The Kier molecular flexibility index (Phi) is 6.50. The molecule has 1 N–H and O–H groups in total. The number of aromatic nitrogens is 2. The van der Waals surface area contributed by atoms with Crippen molar-refractivity contribution in [3.63, 3.8) is 0 Å². The summed E-state index contributed by atoms with van der Waals surface area (Å²) >= 11 is 0. The number of benzene rings is 1. The van der Waals surface area contributed by atoms with Crippen LogP contribution < -0.4 is 5.69 Å². The van der Waals surface area contributed by atoms with Crippen LogP contribution in [0.3, 0.4) is 0 Å². The highest BCUT2D eigenvalue weighted by Gasteiger charge is 2.17. The van der Waals surface area contributed by atoms with Gasteiger partial charge in [0.15, 0.2) is 0 Å². The van der Waals surface area contributed by atoms with Gasteiger partial charge in [0.1, 0.15) is 0 Å². The SMILES string of the molecule is CCOCCn1c(=O)[nH]c2cc(C(=O)N3CCCCCCCC3)ccc21. The van der Waals surface area contributed by atoms with Crippen molar-refractivity contribution in [2.75, 3.05) is 26.3 Å². The van der Waals surface area contributed by atoms with Crippen molar-refractivity contribution in [1.29, 1.82) is 0 Å². The first-order chi connectivity index (χ1) is 12.7. The minimum atomic E-state index is -0.160. The number of carbonyl (C=O) groups excluding carboxylic acids is 1. The third kappa shape index (κ3) is 4.36. The van der Waals surface area contributed by atoms with Crippen molar-refractivity contribution in [1.82, 2.24) is 14.5 Å². The topological polar surface area (TPSA) is 67.3 Å². The predicted octanol–water partition coefficient (Wildman–Crippen LogP) is 3.16. The van der Waals surface area contributed by atoms with E-state index in [1.54, 1.807) is 4.57 Å². The van der Waals surface area contributed by atoms with Crippen LogP contribution in [0.25, 0.3) is 11.0 Å². The summed E-state index contributed by atoms with van der Waals surface area (Å²) in [6.07, 6.45) is 7.06. The number of imidazole rings is 1. The molecule has 2 aromatic rings. The summed E-state index contributed by atoms with van der Waals surface area (Å²) in [6, 6.07) is 5.51. The molecule has 2 heterocycles. The van der Waals surface area contributed by atoms with Crippen LogP contribution in [0.2, 0.25) is 0 Å². The van der Waals surface area contributed by atoms with Gasteiger partial charge in [0.2, 0.25) is 0 Å². The van der Waals surface area contributed by atoms with E-state index in [1.807, 2.05) is 30.0 Å². The number of hydrogen-bond donors (Lipinski definition) is 1. The summed E-state index contributed by atoms with van der Waals surface area (Å²) in [7, 11) is 0. The number of hydrogen-bond acceptors (Lipinski definition) is 3. The molecule has 26 heavy (non-hydrogen) atoms. The molecule has 6 heteroatoms. The molecule has 0 unspecified atom stereocenters. The molecule has 1 aliphatic rings. The van der Waals surface area contributed by atoms with Crippen LogP contribution in [0.5, 0.6) is 0 Å².